The Balaban J connectivity index is 2.01. The first-order valence-corrected chi connectivity index (χ1v) is 8.51. The monoisotopic (exact) mass is 353 g/mol. The first kappa shape index (κ1) is 17.0. The molecular formula is C18H15N3O3S. The number of hydrogen-bond acceptors (Lipinski definition) is 4. The maximum Gasteiger partial charge on any atom is 0.344 e. The predicted octanol–water partition coefficient (Wildman–Crippen LogP) is 3.98. The van der Waals surface area contributed by atoms with Crippen LogP contribution >= 0.6 is 11.3 Å². The lowest BCUT2D eigenvalue weighted by Crippen LogP contribution is -2.35. The summed E-state index contributed by atoms with van der Waals surface area (Å²) in [7, 11) is 0. The summed E-state index contributed by atoms with van der Waals surface area (Å²) in [5, 5.41) is 10.3. The molecule has 3 rings (SSSR count). The van der Waals surface area contributed by atoms with Gasteiger partial charge in [-0.05, 0) is 17.5 Å². The van der Waals surface area contributed by atoms with Crippen molar-refractivity contribution >= 4 is 33.7 Å². The zero-order chi connectivity index (χ0) is 17.8. The van der Waals surface area contributed by atoms with E-state index in [0.717, 1.165) is 16.9 Å². The first-order valence-electron chi connectivity index (χ1n) is 7.69. The van der Waals surface area contributed by atoms with E-state index in [0.29, 0.717) is 54.7 Å². The van der Waals surface area contributed by atoms with Crippen molar-refractivity contribution in [2.45, 2.75) is 6.42 Å². The van der Waals surface area contributed by atoms with E-state index < -0.39 is 5.97 Å². The van der Waals surface area contributed by atoms with Crippen LogP contribution in [0.1, 0.15) is 20.8 Å². The van der Waals surface area contributed by atoms with Gasteiger partial charge in [0.05, 0.1) is 31.4 Å². The summed E-state index contributed by atoms with van der Waals surface area (Å²) in [5.41, 5.74) is 2.38. The molecule has 1 aromatic heterocycles. The van der Waals surface area contributed by atoms with E-state index in [9.17, 15) is 9.90 Å². The highest BCUT2D eigenvalue weighted by molar-refractivity contribution is 7.18. The van der Waals surface area contributed by atoms with Gasteiger partial charge in [0.2, 0.25) is 5.69 Å². The number of thiophene rings is 1. The van der Waals surface area contributed by atoms with Crippen molar-refractivity contribution in [3.05, 3.63) is 63.1 Å². The van der Waals surface area contributed by atoms with Crippen LogP contribution in [0.5, 0.6) is 0 Å². The third-order valence-corrected chi connectivity index (χ3v) is 5.28. The highest BCUT2D eigenvalue weighted by Gasteiger charge is 2.26. The molecule has 0 unspecified atom stereocenters. The van der Waals surface area contributed by atoms with E-state index in [1.807, 2.05) is 4.90 Å². The van der Waals surface area contributed by atoms with Gasteiger partial charge in [0.1, 0.15) is 4.88 Å². The number of rotatable bonds is 4. The molecule has 0 radical (unpaired) electrons. The van der Waals surface area contributed by atoms with Crippen molar-refractivity contribution < 1.29 is 14.6 Å². The van der Waals surface area contributed by atoms with E-state index in [4.69, 9.17) is 17.9 Å². The average molecular weight is 353 g/mol. The Bertz CT molecular complexity index is 869. The fourth-order valence-electron chi connectivity index (χ4n) is 2.77. The number of anilines is 1. The standard InChI is InChI=1S/C18H15N3O3S/c1-19-13-5-3-12(4-6-13)11-14-15(20-2)17(25-16(14)18(22)23)21-7-9-24-10-8-21/h3-6H,7-11H2,(H,22,23). The summed E-state index contributed by atoms with van der Waals surface area (Å²) >= 11 is 1.16. The van der Waals surface area contributed by atoms with Crippen LogP contribution in [-0.2, 0) is 11.2 Å². The fourth-order valence-corrected chi connectivity index (χ4v) is 3.92. The van der Waals surface area contributed by atoms with E-state index in [-0.39, 0.29) is 4.88 Å². The van der Waals surface area contributed by atoms with E-state index in [1.165, 1.54) is 0 Å². The van der Waals surface area contributed by atoms with Gasteiger partial charge >= 0.3 is 5.97 Å². The summed E-state index contributed by atoms with van der Waals surface area (Å²) in [6, 6.07) is 7.02. The van der Waals surface area contributed by atoms with Gasteiger partial charge in [0.25, 0.3) is 0 Å². The van der Waals surface area contributed by atoms with Gasteiger partial charge in [-0.15, -0.1) is 11.3 Å². The maximum atomic E-state index is 11.7. The van der Waals surface area contributed by atoms with Gasteiger partial charge in [0, 0.05) is 13.1 Å². The van der Waals surface area contributed by atoms with Gasteiger partial charge in [-0.3, -0.25) is 0 Å². The van der Waals surface area contributed by atoms with Crippen molar-refractivity contribution in [1.29, 1.82) is 0 Å². The summed E-state index contributed by atoms with van der Waals surface area (Å²) in [6.07, 6.45) is 0.360. The topological polar surface area (TPSA) is 58.5 Å². The van der Waals surface area contributed by atoms with Gasteiger partial charge in [-0.2, -0.15) is 0 Å². The highest BCUT2D eigenvalue weighted by atomic mass is 32.1. The summed E-state index contributed by atoms with van der Waals surface area (Å²) in [4.78, 5) is 20.9. The van der Waals surface area contributed by atoms with E-state index in [1.54, 1.807) is 24.3 Å². The Morgan fingerprint density at radius 1 is 1.20 bits per heavy atom. The molecule has 2 aromatic rings. The van der Waals surface area contributed by atoms with Crippen molar-refractivity contribution in [3.63, 3.8) is 0 Å². The second kappa shape index (κ2) is 7.35. The Morgan fingerprint density at radius 2 is 1.88 bits per heavy atom. The number of carboxylic acid groups (broad SMARTS) is 1. The quantitative estimate of drug-likeness (QED) is 0.845. The van der Waals surface area contributed by atoms with Crippen molar-refractivity contribution in [1.82, 2.24) is 0 Å². The number of morpholine rings is 1. The molecule has 1 aromatic carbocycles. The Labute approximate surface area is 149 Å². The van der Waals surface area contributed by atoms with Crippen molar-refractivity contribution in [2.24, 2.45) is 0 Å². The smallest absolute Gasteiger partial charge is 0.344 e. The van der Waals surface area contributed by atoms with Crippen LogP contribution in [-0.4, -0.2) is 37.4 Å². The number of benzene rings is 1. The molecule has 0 amide bonds. The molecule has 0 saturated carbocycles. The third kappa shape index (κ3) is 3.48. The van der Waals surface area contributed by atoms with Crippen LogP contribution in [0, 0.1) is 13.1 Å². The predicted molar refractivity (Wildman–Crippen MR) is 96.1 cm³/mol. The second-order valence-electron chi connectivity index (χ2n) is 5.53. The minimum atomic E-state index is -1.01. The van der Waals surface area contributed by atoms with Crippen molar-refractivity contribution in [3.8, 4) is 0 Å². The van der Waals surface area contributed by atoms with Gasteiger partial charge in [-0.25, -0.2) is 14.5 Å². The lowest BCUT2D eigenvalue weighted by atomic mass is 10.0. The minimum absolute atomic E-state index is 0.210. The molecule has 126 valence electrons. The SMILES string of the molecule is [C-]#[N+]c1ccc(Cc2c(C(=O)O)sc(N3CCOCC3)c2[N+]#[C-])cc1. The number of hydrogen-bond donors (Lipinski definition) is 1. The van der Waals surface area contributed by atoms with Crippen LogP contribution < -0.4 is 4.90 Å². The number of carbonyl (C=O) groups is 1. The number of aromatic carboxylic acids is 1. The second-order valence-corrected chi connectivity index (χ2v) is 6.53. The molecular weight excluding hydrogens is 338 g/mol. The molecule has 7 heteroatoms. The molecule has 1 aliphatic heterocycles. The molecule has 0 atom stereocenters. The zero-order valence-electron chi connectivity index (χ0n) is 13.4. The van der Waals surface area contributed by atoms with Crippen LogP contribution in [0.15, 0.2) is 24.3 Å². The number of nitrogens with zero attached hydrogens (tertiary/aromatic N) is 3. The Hall–Kier alpha value is -2.87. The van der Waals surface area contributed by atoms with Gasteiger partial charge in [-0.1, -0.05) is 24.3 Å². The highest BCUT2D eigenvalue weighted by Crippen LogP contribution is 2.44. The average Bonchev–Trinajstić information content (AvgIpc) is 3.01. The normalized spacial score (nSPS) is 13.9. The van der Waals surface area contributed by atoms with Crippen molar-refractivity contribution in [2.75, 3.05) is 31.2 Å². The lowest BCUT2D eigenvalue weighted by Gasteiger charge is -2.28. The lowest BCUT2D eigenvalue weighted by molar-refractivity contribution is 0.0701. The van der Waals surface area contributed by atoms with Gasteiger partial charge in [0.15, 0.2) is 5.69 Å². The Morgan fingerprint density at radius 3 is 2.44 bits per heavy atom. The number of carboxylic acids is 1. The molecule has 0 bridgehead atoms. The molecule has 0 aliphatic carbocycles. The molecule has 1 fully saturated rings. The summed E-state index contributed by atoms with van der Waals surface area (Å²) < 4.78 is 5.34. The maximum absolute atomic E-state index is 11.7. The Kier molecular flexibility index (Phi) is 4.99. The molecule has 2 heterocycles. The molecule has 1 saturated heterocycles. The molecule has 6 nitrogen and oxygen atoms in total. The summed E-state index contributed by atoms with van der Waals surface area (Å²) in [6.45, 7) is 17.0. The first-order chi connectivity index (χ1) is 12.1. The molecule has 25 heavy (non-hydrogen) atoms. The molecule has 0 spiro atoms. The van der Waals surface area contributed by atoms with Crippen LogP contribution in [0.2, 0.25) is 0 Å². The third-order valence-electron chi connectivity index (χ3n) is 4.01. The minimum Gasteiger partial charge on any atom is -0.477 e. The molecule has 1 aliphatic rings. The summed E-state index contributed by atoms with van der Waals surface area (Å²) in [5.74, 6) is -1.01. The zero-order valence-corrected chi connectivity index (χ0v) is 14.2. The van der Waals surface area contributed by atoms with E-state index >= 15 is 0 Å². The largest absolute Gasteiger partial charge is 0.477 e. The number of ether oxygens (including phenoxy) is 1. The van der Waals surface area contributed by atoms with Crippen LogP contribution in [0.25, 0.3) is 9.69 Å². The van der Waals surface area contributed by atoms with Crippen LogP contribution in [0.4, 0.5) is 16.4 Å². The molecule has 1 N–H and O–H groups in total. The van der Waals surface area contributed by atoms with E-state index in [2.05, 4.69) is 9.69 Å². The van der Waals surface area contributed by atoms with Crippen LogP contribution in [0.3, 0.4) is 0 Å². The fraction of sp³-hybridized carbons (Fsp3) is 0.278. The van der Waals surface area contributed by atoms with Gasteiger partial charge < -0.3 is 14.7 Å².